The molecule has 0 spiro atoms. The average molecular weight is 350 g/mol. The van der Waals surface area contributed by atoms with Crippen LogP contribution in [0.25, 0.3) is 0 Å². The Morgan fingerprint density at radius 2 is 1.64 bits per heavy atom. The molecule has 7 nitrogen and oxygen atoms in total. The maximum atomic E-state index is 11.6. The molecule has 2 heterocycles. The smallest absolute Gasteiger partial charge is 0.303 e. The van der Waals surface area contributed by atoms with Crippen molar-refractivity contribution in [3.05, 3.63) is 35.9 Å². The van der Waals surface area contributed by atoms with Crippen LogP contribution in [0.2, 0.25) is 0 Å². The molecule has 0 bridgehead atoms. The summed E-state index contributed by atoms with van der Waals surface area (Å²) in [5.74, 6) is -0.941. The van der Waals surface area contributed by atoms with E-state index in [4.69, 9.17) is 23.7 Å². The van der Waals surface area contributed by atoms with Crippen LogP contribution in [-0.4, -0.2) is 49.1 Å². The monoisotopic (exact) mass is 350 g/mol. The van der Waals surface area contributed by atoms with E-state index in [1.54, 1.807) is 6.92 Å². The fourth-order valence-electron chi connectivity index (χ4n) is 3.22. The number of hydrogen-bond acceptors (Lipinski definition) is 7. The lowest BCUT2D eigenvalue weighted by Gasteiger charge is -2.47. The molecule has 6 atom stereocenters. The number of hydrogen-bond donors (Lipinski definition) is 0. The van der Waals surface area contributed by atoms with Gasteiger partial charge in [-0.25, -0.2) is 0 Å². The number of fused-ring (bicyclic) bond motifs is 1. The molecule has 25 heavy (non-hydrogen) atoms. The van der Waals surface area contributed by atoms with E-state index in [1.165, 1.54) is 13.8 Å². The molecule has 1 aromatic rings. The van der Waals surface area contributed by atoms with Crippen molar-refractivity contribution < 1.29 is 33.3 Å². The Bertz CT molecular complexity index is 617. The zero-order valence-corrected chi connectivity index (χ0v) is 14.4. The zero-order valence-electron chi connectivity index (χ0n) is 14.4. The van der Waals surface area contributed by atoms with E-state index in [2.05, 4.69) is 0 Å². The van der Waals surface area contributed by atoms with Crippen LogP contribution in [0, 0.1) is 0 Å². The van der Waals surface area contributed by atoms with Crippen molar-refractivity contribution in [3.63, 3.8) is 0 Å². The molecule has 2 fully saturated rings. The lowest BCUT2D eigenvalue weighted by molar-refractivity contribution is -0.328. The van der Waals surface area contributed by atoms with Crippen LogP contribution in [0.3, 0.4) is 0 Å². The van der Waals surface area contributed by atoms with Crippen LogP contribution >= 0.6 is 0 Å². The predicted octanol–water partition coefficient (Wildman–Crippen LogP) is 1.75. The SMILES string of the molecule is CC(=O)OC1C(C)OC2COC(c3ccccc3)OC2C1OC(C)=O. The molecule has 136 valence electrons. The van der Waals surface area contributed by atoms with Crippen LogP contribution in [0.4, 0.5) is 0 Å². The molecule has 7 heteroatoms. The minimum absolute atomic E-state index is 0.291. The Morgan fingerprint density at radius 1 is 1.00 bits per heavy atom. The summed E-state index contributed by atoms with van der Waals surface area (Å²) in [5, 5.41) is 0. The van der Waals surface area contributed by atoms with Gasteiger partial charge < -0.3 is 23.7 Å². The third-order valence-electron chi connectivity index (χ3n) is 4.23. The van der Waals surface area contributed by atoms with Crippen molar-refractivity contribution in [2.24, 2.45) is 0 Å². The van der Waals surface area contributed by atoms with Gasteiger partial charge in [-0.2, -0.15) is 0 Å². The highest BCUT2D eigenvalue weighted by Gasteiger charge is 2.51. The third kappa shape index (κ3) is 4.00. The van der Waals surface area contributed by atoms with E-state index in [1.807, 2.05) is 30.3 Å². The number of benzene rings is 1. The lowest BCUT2D eigenvalue weighted by Crippen LogP contribution is -2.63. The molecule has 0 aromatic heterocycles. The molecule has 2 aliphatic rings. The Morgan fingerprint density at radius 3 is 2.28 bits per heavy atom. The van der Waals surface area contributed by atoms with E-state index in [0.29, 0.717) is 6.61 Å². The van der Waals surface area contributed by atoms with Gasteiger partial charge in [-0.15, -0.1) is 0 Å². The van der Waals surface area contributed by atoms with Gasteiger partial charge in [-0.05, 0) is 6.92 Å². The van der Waals surface area contributed by atoms with Gasteiger partial charge in [0.05, 0.1) is 12.7 Å². The van der Waals surface area contributed by atoms with Gasteiger partial charge in [-0.3, -0.25) is 9.59 Å². The minimum atomic E-state index is -0.759. The molecular weight excluding hydrogens is 328 g/mol. The van der Waals surface area contributed by atoms with Gasteiger partial charge in [0.25, 0.3) is 0 Å². The highest BCUT2D eigenvalue weighted by Crippen LogP contribution is 2.36. The summed E-state index contributed by atoms with van der Waals surface area (Å²) < 4.78 is 28.5. The molecule has 2 aliphatic heterocycles. The highest BCUT2D eigenvalue weighted by atomic mass is 16.7. The summed E-state index contributed by atoms with van der Waals surface area (Å²) in [6.45, 7) is 4.68. The molecular formula is C18H22O7. The van der Waals surface area contributed by atoms with Crippen molar-refractivity contribution in [1.29, 1.82) is 0 Å². The van der Waals surface area contributed by atoms with Crippen molar-refractivity contribution >= 4 is 11.9 Å². The van der Waals surface area contributed by atoms with Gasteiger partial charge in [0, 0.05) is 19.4 Å². The fraction of sp³-hybridized carbons (Fsp3) is 0.556. The first-order valence-electron chi connectivity index (χ1n) is 8.27. The zero-order chi connectivity index (χ0) is 18.0. The quantitative estimate of drug-likeness (QED) is 0.768. The summed E-state index contributed by atoms with van der Waals surface area (Å²) in [5.41, 5.74) is 0.852. The Hall–Kier alpha value is -1.96. The van der Waals surface area contributed by atoms with Crippen molar-refractivity contribution in [2.75, 3.05) is 6.61 Å². The van der Waals surface area contributed by atoms with Gasteiger partial charge >= 0.3 is 11.9 Å². The summed E-state index contributed by atoms with van der Waals surface area (Å²) in [4.78, 5) is 23.0. The second-order valence-corrected chi connectivity index (χ2v) is 6.20. The van der Waals surface area contributed by atoms with Crippen molar-refractivity contribution in [3.8, 4) is 0 Å². The lowest BCUT2D eigenvalue weighted by atomic mass is 9.94. The second-order valence-electron chi connectivity index (χ2n) is 6.20. The summed E-state index contributed by atoms with van der Waals surface area (Å²) in [6.07, 6.45) is -3.55. The van der Waals surface area contributed by atoms with E-state index < -0.39 is 48.7 Å². The van der Waals surface area contributed by atoms with E-state index in [-0.39, 0.29) is 0 Å². The Kier molecular flexibility index (Phi) is 5.36. The second kappa shape index (κ2) is 7.51. The normalized spacial score (nSPS) is 34.7. The topological polar surface area (TPSA) is 80.3 Å². The first kappa shape index (κ1) is 17.8. The Labute approximate surface area is 146 Å². The minimum Gasteiger partial charge on any atom is -0.456 e. The molecule has 0 amide bonds. The summed E-state index contributed by atoms with van der Waals surface area (Å²) in [6, 6.07) is 9.46. The largest absolute Gasteiger partial charge is 0.456 e. The first-order valence-corrected chi connectivity index (χ1v) is 8.27. The van der Waals surface area contributed by atoms with Crippen molar-refractivity contribution in [2.45, 2.75) is 57.6 Å². The molecule has 0 radical (unpaired) electrons. The summed E-state index contributed by atoms with van der Waals surface area (Å²) >= 11 is 0. The van der Waals surface area contributed by atoms with Gasteiger partial charge in [0.15, 0.2) is 18.5 Å². The van der Waals surface area contributed by atoms with Crippen LogP contribution in [0.5, 0.6) is 0 Å². The highest BCUT2D eigenvalue weighted by molar-refractivity contribution is 5.67. The maximum absolute atomic E-state index is 11.6. The van der Waals surface area contributed by atoms with Crippen LogP contribution in [0.1, 0.15) is 32.6 Å². The van der Waals surface area contributed by atoms with E-state index >= 15 is 0 Å². The van der Waals surface area contributed by atoms with E-state index in [0.717, 1.165) is 5.56 Å². The van der Waals surface area contributed by atoms with Crippen LogP contribution in [0.15, 0.2) is 30.3 Å². The number of ether oxygens (including phenoxy) is 5. The van der Waals surface area contributed by atoms with Crippen LogP contribution in [-0.2, 0) is 33.3 Å². The van der Waals surface area contributed by atoms with Gasteiger partial charge in [-0.1, -0.05) is 30.3 Å². The molecule has 0 saturated carbocycles. The van der Waals surface area contributed by atoms with E-state index in [9.17, 15) is 9.59 Å². The molecule has 1 aromatic carbocycles. The number of carbonyl (C=O) groups excluding carboxylic acids is 2. The predicted molar refractivity (Wildman–Crippen MR) is 85.5 cm³/mol. The number of esters is 2. The molecule has 0 aliphatic carbocycles. The standard InChI is InChI=1S/C18H22O7/c1-10-15(23-11(2)19)17(24-12(3)20)16-14(22-10)9-21-18(25-16)13-7-5-4-6-8-13/h4-8,10,14-18H,9H2,1-3H3. The summed E-state index contributed by atoms with van der Waals surface area (Å²) in [7, 11) is 0. The molecule has 3 rings (SSSR count). The maximum Gasteiger partial charge on any atom is 0.303 e. The third-order valence-corrected chi connectivity index (χ3v) is 4.23. The number of rotatable bonds is 3. The average Bonchev–Trinajstić information content (AvgIpc) is 2.58. The van der Waals surface area contributed by atoms with Crippen LogP contribution < -0.4 is 0 Å². The first-order chi connectivity index (χ1) is 12.0. The molecule has 0 N–H and O–H groups in total. The van der Waals surface area contributed by atoms with Gasteiger partial charge in [0.1, 0.15) is 12.2 Å². The van der Waals surface area contributed by atoms with Gasteiger partial charge in [0.2, 0.25) is 0 Å². The molecule has 6 unspecified atom stereocenters. The van der Waals surface area contributed by atoms with Crippen molar-refractivity contribution in [1.82, 2.24) is 0 Å². The fourth-order valence-corrected chi connectivity index (χ4v) is 3.22. The Balaban J connectivity index is 1.84. The number of carbonyl (C=O) groups is 2. The molecule has 2 saturated heterocycles.